The van der Waals surface area contributed by atoms with Crippen LogP contribution >= 0.6 is 0 Å². The normalized spacial score (nSPS) is 11.1. The lowest BCUT2D eigenvalue weighted by Gasteiger charge is -1.95. The van der Waals surface area contributed by atoms with Gasteiger partial charge in [-0.3, -0.25) is 4.68 Å². The van der Waals surface area contributed by atoms with E-state index in [9.17, 15) is 4.39 Å². The number of nitrogens with zero attached hydrogens (tertiary/aromatic N) is 2. The van der Waals surface area contributed by atoms with Crippen LogP contribution in [0.4, 0.5) is 4.39 Å². The van der Waals surface area contributed by atoms with Gasteiger partial charge >= 0.3 is 0 Å². The van der Waals surface area contributed by atoms with Crippen molar-refractivity contribution in [2.75, 3.05) is 6.67 Å². The fourth-order valence-electron chi connectivity index (χ4n) is 1.89. The Morgan fingerprint density at radius 2 is 2.12 bits per heavy atom. The molecular formula is C13H11FN2O. The van der Waals surface area contributed by atoms with E-state index in [1.165, 1.54) is 0 Å². The predicted molar refractivity (Wildman–Crippen MR) is 63.4 cm³/mol. The molecule has 3 nitrogen and oxygen atoms in total. The Bertz CT molecular complexity index is 641. The van der Waals surface area contributed by atoms with Gasteiger partial charge in [-0.1, -0.05) is 18.2 Å². The van der Waals surface area contributed by atoms with Crippen molar-refractivity contribution in [1.82, 2.24) is 9.78 Å². The molecule has 2 heterocycles. The number of benzene rings is 1. The second-order valence-electron chi connectivity index (χ2n) is 3.80. The highest BCUT2D eigenvalue weighted by Gasteiger charge is 2.09. The van der Waals surface area contributed by atoms with Crippen LogP contribution < -0.4 is 0 Å². The van der Waals surface area contributed by atoms with Crippen molar-refractivity contribution in [1.29, 1.82) is 0 Å². The summed E-state index contributed by atoms with van der Waals surface area (Å²) in [5.74, 6) is 0. The number of halogens is 1. The van der Waals surface area contributed by atoms with Crippen LogP contribution in [0.2, 0.25) is 0 Å². The first-order valence-corrected chi connectivity index (χ1v) is 5.44. The fourth-order valence-corrected chi connectivity index (χ4v) is 1.89. The van der Waals surface area contributed by atoms with Crippen molar-refractivity contribution in [3.8, 4) is 11.3 Å². The number of rotatable bonds is 3. The van der Waals surface area contributed by atoms with E-state index in [0.717, 1.165) is 22.2 Å². The molecule has 86 valence electrons. The molecule has 0 N–H and O–H groups in total. The van der Waals surface area contributed by atoms with Gasteiger partial charge in [-0.2, -0.15) is 5.10 Å². The van der Waals surface area contributed by atoms with E-state index in [4.69, 9.17) is 4.42 Å². The molecule has 1 aromatic carbocycles. The first-order valence-electron chi connectivity index (χ1n) is 5.44. The smallest absolute Gasteiger partial charge is 0.134 e. The Balaban J connectivity index is 2.07. The Labute approximate surface area is 97.5 Å². The van der Waals surface area contributed by atoms with Crippen molar-refractivity contribution in [2.24, 2.45) is 0 Å². The molecule has 2 aromatic heterocycles. The molecule has 0 fully saturated rings. The molecule has 0 saturated carbocycles. The van der Waals surface area contributed by atoms with Crippen LogP contribution in [0.25, 0.3) is 22.2 Å². The van der Waals surface area contributed by atoms with Crippen LogP contribution in [-0.2, 0) is 6.54 Å². The zero-order chi connectivity index (χ0) is 11.7. The second-order valence-corrected chi connectivity index (χ2v) is 3.80. The third kappa shape index (κ3) is 1.71. The summed E-state index contributed by atoms with van der Waals surface area (Å²) in [5, 5.41) is 5.34. The van der Waals surface area contributed by atoms with E-state index in [0.29, 0.717) is 0 Å². The van der Waals surface area contributed by atoms with Crippen molar-refractivity contribution in [3.63, 3.8) is 0 Å². The predicted octanol–water partition coefficient (Wildman–Crippen LogP) is 3.27. The first-order chi connectivity index (χ1) is 8.38. The lowest BCUT2D eigenvalue weighted by atomic mass is 10.1. The van der Waals surface area contributed by atoms with Gasteiger partial charge in [0, 0.05) is 17.1 Å². The second kappa shape index (κ2) is 4.05. The maximum atomic E-state index is 12.2. The minimum absolute atomic E-state index is 0.287. The maximum absolute atomic E-state index is 12.2. The summed E-state index contributed by atoms with van der Waals surface area (Å²) in [5.41, 5.74) is 2.59. The fraction of sp³-hybridized carbons (Fsp3) is 0.154. The SMILES string of the molecule is FCCn1ccc(-c2coc3ccccc23)n1. The van der Waals surface area contributed by atoms with Gasteiger partial charge < -0.3 is 4.42 Å². The maximum Gasteiger partial charge on any atom is 0.134 e. The van der Waals surface area contributed by atoms with Crippen molar-refractivity contribution in [3.05, 3.63) is 42.8 Å². The number of hydrogen-bond donors (Lipinski definition) is 0. The summed E-state index contributed by atoms with van der Waals surface area (Å²) < 4.78 is 19.2. The Kier molecular flexibility index (Phi) is 2.40. The number of aryl methyl sites for hydroxylation is 1. The third-order valence-corrected chi connectivity index (χ3v) is 2.71. The lowest BCUT2D eigenvalue weighted by Crippen LogP contribution is -1.99. The van der Waals surface area contributed by atoms with Gasteiger partial charge in [-0.05, 0) is 12.1 Å². The molecule has 17 heavy (non-hydrogen) atoms. The standard InChI is InChI=1S/C13H11FN2O/c14-6-8-16-7-5-12(15-16)11-9-17-13-4-2-1-3-10(11)13/h1-5,7,9H,6,8H2. The van der Waals surface area contributed by atoms with Crippen LogP contribution in [-0.4, -0.2) is 16.5 Å². The highest BCUT2D eigenvalue weighted by atomic mass is 19.1. The molecule has 3 rings (SSSR count). The van der Waals surface area contributed by atoms with Crippen molar-refractivity contribution < 1.29 is 8.81 Å². The minimum atomic E-state index is -0.409. The largest absolute Gasteiger partial charge is 0.464 e. The highest BCUT2D eigenvalue weighted by molar-refractivity contribution is 5.92. The van der Waals surface area contributed by atoms with Crippen LogP contribution in [0.1, 0.15) is 0 Å². The van der Waals surface area contributed by atoms with Gasteiger partial charge in [-0.25, -0.2) is 4.39 Å². The summed E-state index contributed by atoms with van der Waals surface area (Å²) >= 11 is 0. The van der Waals surface area contributed by atoms with Gasteiger partial charge in [0.25, 0.3) is 0 Å². The summed E-state index contributed by atoms with van der Waals surface area (Å²) in [6, 6.07) is 9.66. The van der Waals surface area contributed by atoms with E-state index in [1.54, 1.807) is 17.1 Å². The van der Waals surface area contributed by atoms with E-state index < -0.39 is 6.67 Å². The van der Waals surface area contributed by atoms with Gasteiger partial charge in [0.2, 0.25) is 0 Å². The number of alkyl halides is 1. The van der Waals surface area contributed by atoms with Crippen LogP contribution in [0.3, 0.4) is 0 Å². The monoisotopic (exact) mass is 230 g/mol. The zero-order valence-corrected chi connectivity index (χ0v) is 9.14. The van der Waals surface area contributed by atoms with Gasteiger partial charge in [0.05, 0.1) is 12.2 Å². The molecular weight excluding hydrogens is 219 g/mol. The van der Waals surface area contributed by atoms with E-state index in [2.05, 4.69) is 5.10 Å². The van der Waals surface area contributed by atoms with E-state index in [1.807, 2.05) is 30.3 Å². The Hall–Kier alpha value is -2.10. The molecule has 0 atom stereocenters. The molecule has 0 unspecified atom stereocenters. The van der Waals surface area contributed by atoms with Crippen LogP contribution in [0.15, 0.2) is 47.2 Å². The molecule has 4 heteroatoms. The molecule has 0 spiro atoms. The number of hydrogen-bond acceptors (Lipinski definition) is 2. The Morgan fingerprint density at radius 3 is 3.00 bits per heavy atom. The van der Waals surface area contributed by atoms with Crippen LogP contribution in [0, 0.1) is 0 Å². The van der Waals surface area contributed by atoms with Crippen LogP contribution in [0.5, 0.6) is 0 Å². The number of furan rings is 1. The average Bonchev–Trinajstić information content (AvgIpc) is 2.95. The number of aromatic nitrogens is 2. The Morgan fingerprint density at radius 1 is 1.24 bits per heavy atom. The van der Waals surface area contributed by atoms with E-state index >= 15 is 0 Å². The number of fused-ring (bicyclic) bond motifs is 1. The average molecular weight is 230 g/mol. The van der Waals surface area contributed by atoms with Gasteiger partial charge in [-0.15, -0.1) is 0 Å². The summed E-state index contributed by atoms with van der Waals surface area (Å²) in [7, 11) is 0. The van der Waals surface area contributed by atoms with Crippen molar-refractivity contribution >= 4 is 11.0 Å². The van der Waals surface area contributed by atoms with Crippen molar-refractivity contribution in [2.45, 2.75) is 6.54 Å². The molecule has 3 aromatic rings. The van der Waals surface area contributed by atoms with Gasteiger partial charge in [0.15, 0.2) is 0 Å². The molecule has 0 radical (unpaired) electrons. The third-order valence-electron chi connectivity index (χ3n) is 2.71. The molecule has 0 bridgehead atoms. The topological polar surface area (TPSA) is 31.0 Å². The first kappa shape index (κ1) is 10.1. The lowest BCUT2D eigenvalue weighted by molar-refractivity contribution is 0.427. The molecule has 0 aliphatic carbocycles. The summed E-state index contributed by atoms with van der Waals surface area (Å²) in [6.07, 6.45) is 3.46. The summed E-state index contributed by atoms with van der Waals surface area (Å²) in [6.45, 7) is -0.122. The zero-order valence-electron chi connectivity index (χ0n) is 9.14. The minimum Gasteiger partial charge on any atom is -0.464 e. The molecule has 0 saturated heterocycles. The van der Waals surface area contributed by atoms with Gasteiger partial charge in [0.1, 0.15) is 18.5 Å². The molecule has 0 aliphatic rings. The highest BCUT2D eigenvalue weighted by Crippen LogP contribution is 2.28. The molecule has 0 aliphatic heterocycles. The molecule has 0 amide bonds. The summed E-state index contributed by atoms with van der Waals surface area (Å²) in [4.78, 5) is 0. The van der Waals surface area contributed by atoms with E-state index in [-0.39, 0.29) is 6.54 Å². The quantitative estimate of drug-likeness (QED) is 0.691. The number of para-hydroxylation sites is 1.